The number of amides is 1. The van der Waals surface area contributed by atoms with Crippen LogP contribution in [0, 0.1) is 23.0 Å². The molecular weight excluding hydrogens is 370 g/mol. The highest BCUT2D eigenvalue weighted by molar-refractivity contribution is 5.93. The van der Waals surface area contributed by atoms with E-state index in [4.69, 9.17) is 9.68 Å². The summed E-state index contributed by atoms with van der Waals surface area (Å²) in [5.74, 6) is -2.69. The van der Waals surface area contributed by atoms with Gasteiger partial charge in [0.1, 0.15) is 18.2 Å². The van der Waals surface area contributed by atoms with Crippen LogP contribution in [0.4, 0.5) is 14.5 Å². The maximum absolute atomic E-state index is 14.1. The minimum absolute atomic E-state index is 0.00180. The maximum atomic E-state index is 14.1. The van der Waals surface area contributed by atoms with Crippen LogP contribution in [0.1, 0.15) is 6.42 Å². The lowest BCUT2D eigenvalue weighted by Crippen LogP contribution is -2.37. The first-order valence-corrected chi connectivity index (χ1v) is 8.25. The third-order valence-electron chi connectivity index (χ3n) is 3.87. The molecule has 0 aliphatic heterocycles. The Hall–Kier alpha value is -3.80. The second-order valence-corrected chi connectivity index (χ2v) is 5.74. The van der Waals surface area contributed by atoms with E-state index in [9.17, 15) is 18.4 Å². The van der Waals surface area contributed by atoms with Crippen LogP contribution >= 0.6 is 0 Å². The van der Waals surface area contributed by atoms with Crippen LogP contribution in [0.25, 0.3) is 11.5 Å². The van der Waals surface area contributed by atoms with Crippen molar-refractivity contribution in [1.29, 1.82) is 5.26 Å². The van der Waals surface area contributed by atoms with Crippen molar-refractivity contribution in [1.82, 2.24) is 9.78 Å². The molecular formula is C19H14F2N4O3. The van der Waals surface area contributed by atoms with E-state index in [-0.39, 0.29) is 24.5 Å². The zero-order valence-electron chi connectivity index (χ0n) is 14.5. The summed E-state index contributed by atoms with van der Waals surface area (Å²) in [6.07, 6.45) is -0.0192. The van der Waals surface area contributed by atoms with Crippen molar-refractivity contribution in [2.75, 3.05) is 11.4 Å². The minimum Gasteiger partial charge on any atom is -0.388 e. The summed E-state index contributed by atoms with van der Waals surface area (Å²) in [5.41, 5.74) is 0.359. The van der Waals surface area contributed by atoms with Gasteiger partial charge < -0.3 is 9.32 Å². The zero-order valence-corrected chi connectivity index (χ0v) is 14.5. The number of hydrogen-bond donors (Lipinski definition) is 0. The van der Waals surface area contributed by atoms with Gasteiger partial charge in [-0.05, 0) is 36.4 Å². The van der Waals surface area contributed by atoms with Gasteiger partial charge in [-0.25, -0.2) is 13.6 Å². The normalized spacial score (nSPS) is 10.5. The number of benzene rings is 2. The van der Waals surface area contributed by atoms with Gasteiger partial charge in [0.25, 0.3) is 0 Å². The summed E-state index contributed by atoms with van der Waals surface area (Å²) >= 11 is 0. The van der Waals surface area contributed by atoms with Crippen molar-refractivity contribution < 1.29 is 18.0 Å². The number of nitrogens with zero attached hydrogens (tertiary/aromatic N) is 4. The van der Waals surface area contributed by atoms with Crippen LogP contribution in [0.3, 0.4) is 0 Å². The number of rotatable bonds is 6. The van der Waals surface area contributed by atoms with Gasteiger partial charge in [-0.1, -0.05) is 12.1 Å². The van der Waals surface area contributed by atoms with Crippen LogP contribution in [0.15, 0.2) is 57.7 Å². The van der Waals surface area contributed by atoms with E-state index in [1.165, 1.54) is 42.5 Å². The number of carbonyl (C=O) groups is 1. The molecule has 2 aromatic carbocycles. The van der Waals surface area contributed by atoms with Crippen molar-refractivity contribution in [3.8, 4) is 17.5 Å². The van der Waals surface area contributed by atoms with E-state index >= 15 is 0 Å². The lowest BCUT2D eigenvalue weighted by atomic mass is 10.2. The summed E-state index contributed by atoms with van der Waals surface area (Å²) in [6, 6.07) is 12.6. The lowest BCUT2D eigenvalue weighted by molar-refractivity contribution is -0.119. The van der Waals surface area contributed by atoms with Crippen molar-refractivity contribution in [3.05, 3.63) is 70.7 Å². The third-order valence-corrected chi connectivity index (χ3v) is 3.87. The molecule has 0 atom stereocenters. The summed E-state index contributed by atoms with van der Waals surface area (Å²) in [7, 11) is 0. The van der Waals surface area contributed by atoms with Crippen LogP contribution in [-0.4, -0.2) is 22.2 Å². The van der Waals surface area contributed by atoms with Gasteiger partial charge in [-0.3, -0.25) is 4.79 Å². The second kappa shape index (κ2) is 8.26. The van der Waals surface area contributed by atoms with Gasteiger partial charge in [0.05, 0.1) is 18.2 Å². The number of halogens is 2. The highest BCUT2D eigenvalue weighted by Crippen LogP contribution is 2.20. The van der Waals surface area contributed by atoms with Crippen molar-refractivity contribution in [2.45, 2.75) is 13.0 Å². The molecule has 3 rings (SSSR count). The predicted molar refractivity (Wildman–Crippen MR) is 95.1 cm³/mol. The highest BCUT2D eigenvalue weighted by Gasteiger charge is 2.21. The van der Waals surface area contributed by atoms with E-state index < -0.39 is 29.8 Å². The molecule has 0 bridgehead atoms. The average Bonchev–Trinajstić information content (AvgIpc) is 3.04. The lowest BCUT2D eigenvalue weighted by Gasteiger charge is -2.21. The Morgan fingerprint density at radius 2 is 1.89 bits per heavy atom. The largest absolute Gasteiger partial charge is 0.437 e. The molecule has 7 nitrogen and oxygen atoms in total. The second-order valence-electron chi connectivity index (χ2n) is 5.74. The Morgan fingerprint density at radius 3 is 2.57 bits per heavy atom. The van der Waals surface area contributed by atoms with Crippen LogP contribution in [0.5, 0.6) is 0 Å². The van der Waals surface area contributed by atoms with Crippen LogP contribution < -0.4 is 10.7 Å². The van der Waals surface area contributed by atoms with Crippen LogP contribution in [0.2, 0.25) is 0 Å². The monoisotopic (exact) mass is 384 g/mol. The molecule has 142 valence electrons. The molecule has 0 aliphatic rings. The predicted octanol–water partition coefficient (Wildman–Crippen LogP) is 2.73. The van der Waals surface area contributed by atoms with Crippen LogP contribution in [-0.2, 0) is 11.3 Å². The first-order chi connectivity index (χ1) is 13.5. The smallest absolute Gasteiger partial charge is 0.388 e. The SMILES string of the molecule is N#CCCN(C(=O)Cn1nc(-c2ccc(F)cc2)oc1=O)c1ccccc1F. The topological polar surface area (TPSA) is 92.1 Å². The maximum Gasteiger partial charge on any atom is 0.437 e. The van der Waals surface area contributed by atoms with E-state index in [0.717, 1.165) is 9.58 Å². The Labute approximate surface area is 158 Å². The minimum atomic E-state index is -0.888. The molecule has 0 aliphatic carbocycles. The molecule has 0 N–H and O–H groups in total. The first kappa shape index (κ1) is 19.0. The molecule has 0 fully saturated rings. The number of hydrogen-bond acceptors (Lipinski definition) is 5. The molecule has 0 unspecified atom stereocenters. The number of aromatic nitrogens is 2. The molecule has 9 heteroatoms. The van der Waals surface area contributed by atoms with Gasteiger partial charge >= 0.3 is 5.76 Å². The zero-order chi connectivity index (χ0) is 20.1. The molecule has 3 aromatic rings. The number of nitriles is 1. The van der Waals surface area contributed by atoms with Gasteiger partial charge in [0, 0.05) is 12.1 Å². The van der Waals surface area contributed by atoms with E-state index in [1.54, 1.807) is 6.07 Å². The van der Waals surface area contributed by atoms with E-state index in [1.807, 2.05) is 6.07 Å². The average molecular weight is 384 g/mol. The number of anilines is 1. The molecule has 1 aromatic heterocycles. The highest BCUT2D eigenvalue weighted by atomic mass is 19.1. The number of carbonyl (C=O) groups excluding carboxylic acids is 1. The molecule has 0 saturated heterocycles. The fraction of sp³-hybridized carbons (Fsp3) is 0.158. The first-order valence-electron chi connectivity index (χ1n) is 8.25. The molecule has 28 heavy (non-hydrogen) atoms. The summed E-state index contributed by atoms with van der Waals surface area (Å²) in [5, 5.41) is 12.7. The van der Waals surface area contributed by atoms with Crippen molar-refractivity contribution in [2.24, 2.45) is 0 Å². The summed E-state index contributed by atoms with van der Waals surface area (Å²) in [4.78, 5) is 25.8. The Morgan fingerprint density at radius 1 is 1.18 bits per heavy atom. The van der Waals surface area contributed by atoms with Gasteiger partial charge in [-0.2, -0.15) is 9.94 Å². The molecule has 0 spiro atoms. The van der Waals surface area contributed by atoms with Gasteiger partial charge in [0.15, 0.2) is 0 Å². The van der Waals surface area contributed by atoms with Crippen molar-refractivity contribution in [3.63, 3.8) is 0 Å². The van der Waals surface area contributed by atoms with Crippen molar-refractivity contribution >= 4 is 11.6 Å². The molecule has 1 amide bonds. The quantitative estimate of drug-likeness (QED) is 0.652. The fourth-order valence-corrected chi connectivity index (χ4v) is 2.54. The van der Waals surface area contributed by atoms with Gasteiger partial charge in [0.2, 0.25) is 11.8 Å². The summed E-state index contributed by atoms with van der Waals surface area (Å²) < 4.78 is 32.9. The van der Waals surface area contributed by atoms with E-state index in [2.05, 4.69) is 5.10 Å². The fourth-order valence-electron chi connectivity index (χ4n) is 2.54. The van der Waals surface area contributed by atoms with Gasteiger partial charge in [-0.15, -0.1) is 5.10 Å². The Kier molecular flexibility index (Phi) is 5.60. The van der Waals surface area contributed by atoms with E-state index in [0.29, 0.717) is 5.56 Å². The Balaban J connectivity index is 1.86. The third kappa shape index (κ3) is 4.12. The molecule has 0 saturated carbocycles. The Bertz CT molecular complexity index is 1080. The molecule has 0 radical (unpaired) electrons. The standard InChI is InChI=1S/C19H14F2N4O3/c20-14-8-6-13(7-9-14)18-23-25(19(27)28-18)12-17(26)24(11-3-10-22)16-5-2-1-4-15(16)21/h1-2,4-9H,3,11-12H2. The molecule has 1 heterocycles. The number of para-hydroxylation sites is 1. The summed E-state index contributed by atoms with van der Waals surface area (Å²) in [6.45, 7) is -0.559.